The number of hydrogen-bond acceptors (Lipinski definition) is 10. The molecule has 12 heteroatoms. The highest BCUT2D eigenvalue weighted by atomic mass is 31.2. The molecule has 11 nitrogen and oxygen atoms in total. The summed E-state index contributed by atoms with van der Waals surface area (Å²) in [7, 11) is -4.78. The molecular weight excluding hydrogens is 1000 g/mol. The fourth-order valence-electron chi connectivity index (χ4n) is 7.74. The second-order valence-corrected chi connectivity index (χ2v) is 21.2. The summed E-state index contributed by atoms with van der Waals surface area (Å²) in [6.45, 7) is 4.36. The first-order valence-corrected chi connectivity index (χ1v) is 31.9. The van der Waals surface area contributed by atoms with Crippen molar-refractivity contribution in [3.05, 3.63) is 122 Å². The lowest BCUT2D eigenvalue weighted by molar-refractivity contribution is -0.161. The first kappa shape index (κ1) is 73.9. The number of rotatable bonds is 55. The Bertz CT molecular complexity index is 1770. The van der Waals surface area contributed by atoms with Crippen molar-refractivity contribution < 1.29 is 52.2 Å². The lowest BCUT2D eigenvalue weighted by Gasteiger charge is -2.21. The van der Waals surface area contributed by atoms with Crippen LogP contribution in [-0.4, -0.2) is 66.5 Å². The molecule has 0 fully saturated rings. The van der Waals surface area contributed by atoms with Gasteiger partial charge in [-0.05, 0) is 122 Å². The van der Waals surface area contributed by atoms with Crippen molar-refractivity contribution in [1.82, 2.24) is 0 Å². The van der Waals surface area contributed by atoms with Crippen molar-refractivity contribution in [2.45, 2.75) is 251 Å². The van der Waals surface area contributed by atoms with Gasteiger partial charge in [0.1, 0.15) is 12.7 Å². The molecule has 0 aromatic carbocycles. The topological polar surface area (TPSA) is 155 Å². The molecule has 2 N–H and O–H groups in total. The number of phosphoric acid groups is 1. The van der Waals surface area contributed by atoms with Crippen LogP contribution in [0.2, 0.25) is 0 Å². The van der Waals surface area contributed by atoms with Crippen molar-refractivity contribution in [2.75, 3.05) is 26.4 Å². The highest BCUT2D eigenvalue weighted by Gasteiger charge is 2.28. The Labute approximate surface area is 475 Å². The monoisotopic (exact) mass is 1110 g/mol. The Morgan fingerprint density at radius 3 is 1.10 bits per heavy atom. The number of aliphatic hydroxyl groups is 1. The third-order valence-electron chi connectivity index (χ3n) is 12.4. The van der Waals surface area contributed by atoms with E-state index in [1.807, 2.05) is 12.2 Å². The van der Waals surface area contributed by atoms with Gasteiger partial charge in [0.05, 0.1) is 19.8 Å². The van der Waals surface area contributed by atoms with E-state index >= 15 is 0 Å². The van der Waals surface area contributed by atoms with Crippen molar-refractivity contribution in [1.29, 1.82) is 0 Å². The van der Waals surface area contributed by atoms with E-state index in [4.69, 9.17) is 23.3 Å². The van der Waals surface area contributed by atoms with E-state index in [0.29, 0.717) is 19.3 Å². The summed E-state index contributed by atoms with van der Waals surface area (Å²) in [5, 5.41) is 9.81. The zero-order valence-electron chi connectivity index (χ0n) is 49.1. The summed E-state index contributed by atoms with van der Waals surface area (Å²) in [6.07, 6.45) is 73.1. The molecule has 0 heterocycles. The number of aliphatic hydroxyl groups excluding tert-OH is 1. The molecular formula is C66H109O11P. The van der Waals surface area contributed by atoms with Crippen molar-refractivity contribution in [3.63, 3.8) is 0 Å². The van der Waals surface area contributed by atoms with Gasteiger partial charge in [-0.2, -0.15) is 0 Å². The predicted octanol–water partition coefficient (Wildman–Crippen LogP) is 18.4. The van der Waals surface area contributed by atoms with Crippen LogP contribution in [0.15, 0.2) is 122 Å². The third-order valence-corrected chi connectivity index (χ3v) is 13.3. The Hall–Kier alpha value is -4.12. The molecule has 0 aliphatic heterocycles. The van der Waals surface area contributed by atoms with E-state index in [1.54, 1.807) is 0 Å². The van der Waals surface area contributed by atoms with Crippen LogP contribution in [0.3, 0.4) is 0 Å². The van der Waals surface area contributed by atoms with Crippen LogP contribution < -0.4 is 0 Å². The largest absolute Gasteiger partial charge is 0.472 e. The SMILES string of the molecule is CC/C=C\C/C=C\C/C=C\C/C=C\CCC(=O)OC(CO)COP(=O)(O)OCC(COC(=O)CCCCCCCC/C=C\C/C=C\C/C=C\CCCCC)OC(=O)CCCCCCCC/C=C\C/C=C\C/C=C\CCCCC. The summed E-state index contributed by atoms with van der Waals surface area (Å²) >= 11 is 0. The van der Waals surface area contributed by atoms with Gasteiger partial charge in [0.2, 0.25) is 0 Å². The van der Waals surface area contributed by atoms with Crippen molar-refractivity contribution in [3.8, 4) is 0 Å². The summed E-state index contributed by atoms with van der Waals surface area (Å²) in [5.41, 5.74) is 0. The molecule has 0 saturated heterocycles. The second kappa shape index (κ2) is 59.0. The van der Waals surface area contributed by atoms with E-state index in [0.717, 1.165) is 128 Å². The average molecular weight is 1110 g/mol. The van der Waals surface area contributed by atoms with E-state index in [1.165, 1.54) is 51.4 Å². The maximum absolute atomic E-state index is 12.9. The van der Waals surface area contributed by atoms with Crippen LogP contribution in [0.1, 0.15) is 239 Å². The standard InChI is InChI=1S/C66H109O11P/c1-4-7-10-13-16-19-22-25-27-29-31-33-35-38-40-43-46-49-52-55-64(68)73-59-63(77-66(70)57-54-51-48-45-42-39-36-34-32-30-28-26-23-20-17-14-11-8-5-2)61-75-78(71,72)74-60-62(58-67)76-65(69)56-53-50-47-44-41-37-24-21-18-15-12-9-6-3/h9,12,16-21,25-28,31-34,37,41,47,50,62-63,67H,4-8,10-11,13-15,22-24,29-30,35-36,38-40,42-46,48-49,51-61H2,1-3H3,(H,71,72)/b12-9-,19-16-,20-17-,21-18-,27-25-,28-26-,33-31-,34-32-,41-37-,50-47-. The Morgan fingerprint density at radius 2 is 0.692 bits per heavy atom. The molecule has 0 saturated carbocycles. The predicted molar refractivity (Wildman–Crippen MR) is 325 cm³/mol. The highest BCUT2D eigenvalue weighted by Crippen LogP contribution is 2.43. The van der Waals surface area contributed by atoms with Gasteiger partial charge in [-0.15, -0.1) is 0 Å². The Morgan fingerprint density at radius 1 is 0.372 bits per heavy atom. The summed E-state index contributed by atoms with van der Waals surface area (Å²) < 4.78 is 39.5. The first-order chi connectivity index (χ1) is 38.2. The molecule has 78 heavy (non-hydrogen) atoms. The molecule has 0 radical (unpaired) electrons. The van der Waals surface area contributed by atoms with E-state index in [-0.39, 0.29) is 25.9 Å². The molecule has 0 amide bonds. The van der Waals surface area contributed by atoms with E-state index in [9.17, 15) is 28.9 Å². The van der Waals surface area contributed by atoms with Crippen molar-refractivity contribution >= 4 is 25.7 Å². The van der Waals surface area contributed by atoms with E-state index < -0.39 is 57.8 Å². The number of allylic oxidation sites excluding steroid dienone is 20. The summed E-state index contributed by atoms with van der Waals surface area (Å²) in [6, 6.07) is 0. The van der Waals surface area contributed by atoms with Gasteiger partial charge in [-0.1, -0.05) is 219 Å². The minimum atomic E-state index is -4.78. The maximum atomic E-state index is 12.9. The fraction of sp³-hybridized carbons (Fsp3) is 0.652. The van der Waals surface area contributed by atoms with Crippen LogP contribution >= 0.6 is 7.82 Å². The maximum Gasteiger partial charge on any atom is 0.472 e. The molecule has 0 spiro atoms. The smallest absolute Gasteiger partial charge is 0.462 e. The van der Waals surface area contributed by atoms with Gasteiger partial charge >= 0.3 is 25.7 Å². The molecule has 3 unspecified atom stereocenters. The third kappa shape index (κ3) is 56.6. The molecule has 3 atom stereocenters. The molecule has 0 aromatic heterocycles. The van der Waals surface area contributed by atoms with Gasteiger partial charge in [0.25, 0.3) is 0 Å². The van der Waals surface area contributed by atoms with Crippen LogP contribution in [0.25, 0.3) is 0 Å². The minimum Gasteiger partial charge on any atom is -0.462 e. The number of ether oxygens (including phenoxy) is 3. The van der Waals surface area contributed by atoms with Gasteiger partial charge in [0.15, 0.2) is 6.10 Å². The minimum absolute atomic E-state index is 0.0485. The van der Waals surface area contributed by atoms with Crippen LogP contribution in [-0.2, 0) is 42.2 Å². The Kier molecular flexibility index (Phi) is 55.9. The number of hydrogen-bond donors (Lipinski definition) is 2. The highest BCUT2D eigenvalue weighted by molar-refractivity contribution is 7.47. The lowest BCUT2D eigenvalue weighted by Crippen LogP contribution is -2.30. The number of unbranched alkanes of at least 4 members (excludes halogenated alkanes) is 18. The van der Waals surface area contributed by atoms with Gasteiger partial charge in [-0.25, -0.2) is 4.57 Å². The zero-order valence-corrected chi connectivity index (χ0v) is 50.0. The average Bonchev–Trinajstić information content (AvgIpc) is 3.43. The number of carbonyl (C=O) groups is 3. The normalized spacial score (nSPS) is 14.2. The molecule has 0 aromatic rings. The van der Waals surface area contributed by atoms with Gasteiger partial charge < -0.3 is 24.2 Å². The summed E-state index contributed by atoms with van der Waals surface area (Å²) in [4.78, 5) is 48.6. The molecule has 0 aliphatic rings. The van der Waals surface area contributed by atoms with E-state index in [2.05, 4.69) is 130 Å². The number of esters is 3. The zero-order chi connectivity index (χ0) is 56.9. The molecule has 0 aliphatic carbocycles. The number of carbonyl (C=O) groups excluding carboxylic acids is 3. The van der Waals surface area contributed by atoms with Crippen LogP contribution in [0.5, 0.6) is 0 Å². The first-order valence-electron chi connectivity index (χ1n) is 30.4. The van der Waals surface area contributed by atoms with Gasteiger partial charge in [0, 0.05) is 19.3 Å². The molecule has 444 valence electrons. The molecule has 0 rings (SSSR count). The lowest BCUT2D eigenvalue weighted by atomic mass is 10.1. The summed E-state index contributed by atoms with van der Waals surface area (Å²) in [5.74, 6) is -1.59. The second-order valence-electron chi connectivity index (χ2n) is 19.8. The quantitative estimate of drug-likeness (QED) is 0.0197. The van der Waals surface area contributed by atoms with Crippen LogP contribution in [0.4, 0.5) is 0 Å². The number of phosphoric ester groups is 1. The van der Waals surface area contributed by atoms with Crippen molar-refractivity contribution in [2.24, 2.45) is 0 Å². The van der Waals surface area contributed by atoms with Gasteiger partial charge in [-0.3, -0.25) is 23.4 Å². The van der Waals surface area contributed by atoms with Crippen LogP contribution in [0, 0.1) is 0 Å². The molecule has 0 bridgehead atoms. The Balaban J connectivity index is 4.84. The fourth-order valence-corrected chi connectivity index (χ4v) is 8.52.